The summed E-state index contributed by atoms with van der Waals surface area (Å²) in [5.41, 5.74) is 2.60. The summed E-state index contributed by atoms with van der Waals surface area (Å²) in [5, 5.41) is 7.06. The highest BCUT2D eigenvalue weighted by atomic mass is 19.1. The number of amidine groups is 1. The topological polar surface area (TPSA) is 82.8 Å². The molecule has 0 spiro atoms. The predicted octanol–water partition coefficient (Wildman–Crippen LogP) is 3.35. The summed E-state index contributed by atoms with van der Waals surface area (Å²) in [6.45, 7) is 2.83. The molecule has 162 valence electrons. The maximum atomic E-state index is 14.0. The lowest BCUT2D eigenvalue weighted by atomic mass is 10.1. The number of benzene rings is 2. The van der Waals surface area contributed by atoms with Gasteiger partial charge in [0.05, 0.1) is 23.1 Å². The Hall–Kier alpha value is -4.01. The maximum Gasteiger partial charge on any atom is 0.331 e. The minimum Gasteiger partial charge on any atom is -0.322 e. The van der Waals surface area contributed by atoms with E-state index in [1.165, 1.54) is 17.0 Å². The number of halogens is 1. The Labute approximate surface area is 184 Å². The van der Waals surface area contributed by atoms with Crippen LogP contribution in [-0.2, 0) is 4.79 Å². The van der Waals surface area contributed by atoms with Crippen LogP contribution in [0.3, 0.4) is 0 Å². The Balaban J connectivity index is 1.54. The number of rotatable bonds is 4. The third-order valence-corrected chi connectivity index (χ3v) is 5.49. The average molecular weight is 432 g/mol. The van der Waals surface area contributed by atoms with Crippen molar-refractivity contribution in [2.45, 2.75) is 13.3 Å². The minimum absolute atomic E-state index is 0.0643. The standard InChI is InChI=1S/C23H21FN6O2/c1-15-7-9-16(10-8-15)30-22-17(13-26-30)21-25-11-4-12-28(21)23(32)29(22)14-20(31)27-19-6-3-2-5-18(19)24/h2-3,5-10,13H,4,11-12,14H2,1H3,(H,27,31). The van der Waals surface area contributed by atoms with Crippen LogP contribution in [0.5, 0.6) is 0 Å². The Kier molecular flexibility index (Phi) is 4.93. The smallest absolute Gasteiger partial charge is 0.322 e. The summed E-state index contributed by atoms with van der Waals surface area (Å²) in [4.78, 5) is 33.7. The van der Waals surface area contributed by atoms with Gasteiger partial charge in [0.1, 0.15) is 18.2 Å². The molecule has 32 heavy (non-hydrogen) atoms. The van der Waals surface area contributed by atoms with Gasteiger partial charge in [-0.25, -0.2) is 13.9 Å². The molecular weight excluding hydrogens is 411 g/mol. The second-order valence-corrected chi connectivity index (χ2v) is 7.74. The highest BCUT2D eigenvalue weighted by molar-refractivity contribution is 6.20. The SMILES string of the molecule is Cc1ccc(-n2ncc3c2N(CC(=O)Nc2ccccc2F)C(=O)N2CCCN=C32)cc1. The van der Waals surface area contributed by atoms with Gasteiger partial charge in [-0.3, -0.25) is 19.6 Å². The predicted molar refractivity (Wildman–Crippen MR) is 119 cm³/mol. The number of hydrogen-bond acceptors (Lipinski definition) is 4. The molecule has 0 atom stereocenters. The molecule has 3 aromatic rings. The van der Waals surface area contributed by atoms with Crippen LogP contribution in [0.1, 0.15) is 17.5 Å². The van der Waals surface area contributed by atoms with Crippen LogP contribution in [0, 0.1) is 12.7 Å². The van der Waals surface area contributed by atoms with Crippen LogP contribution in [-0.4, -0.2) is 52.1 Å². The normalized spacial score (nSPS) is 15.2. The molecule has 0 unspecified atom stereocenters. The highest BCUT2D eigenvalue weighted by Gasteiger charge is 2.40. The number of carbonyl (C=O) groups is 2. The Bertz CT molecular complexity index is 1230. The summed E-state index contributed by atoms with van der Waals surface area (Å²) in [6, 6.07) is 13.3. The molecule has 5 rings (SSSR count). The molecule has 0 saturated heterocycles. The fraction of sp³-hybridized carbons (Fsp3) is 0.217. The van der Waals surface area contributed by atoms with Crippen molar-refractivity contribution in [3.05, 3.63) is 71.7 Å². The zero-order chi connectivity index (χ0) is 22.2. The summed E-state index contributed by atoms with van der Waals surface area (Å²) < 4.78 is 15.6. The Morgan fingerprint density at radius 3 is 2.72 bits per heavy atom. The second-order valence-electron chi connectivity index (χ2n) is 7.74. The molecule has 3 heterocycles. The number of para-hydroxylation sites is 1. The van der Waals surface area contributed by atoms with Gasteiger partial charge in [0.2, 0.25) is 5.91 Å². The first-order chi connectivity index (χ1) is 15.5. The van der Waals surface area contributed by atoms with Crippen LogP contribution in [0.15, 0.2) is 59.7 Å². The zero-order valence-corrected chi connectivity index (χ0v) is 17.5. The first-order valence-corrected chi connectivity index (χ1v) is 10.4. The Morgan fingerprint density at radius 2 is 1.94 bits per heavy atom. The van der Waals surface area contributed by atoms with Gasteiger partial charge in [-0.1, -0.05) is 29.8 Å². The van der Waals surface area contributed by atoms with Gasteiger partial charge < -0.3 is 5.32 Å². The van der Waals surface area contributed by atoms with Gasteiger partial charge in [0.25, 0.3) is 0 Å². The van der Waals surface area contributed by atoms with E-state index < -0.39 is 11.7 Å². The molecule has 9 heteroatoms. The molecular formula is C23H21FN6O2. The molecule has 2 aliphatic rings. The van der Waals surface area contributed by atoms with Crippen LogP contribution >= 0.6 is 0 Å². The van der Waals surface area contributed by atoms with E-state index in [2.05, 4.69) is 15.4 Å². The van der Waals surface area contributed by atoms with E-state index in [1.54, 1.807) is 27.9 Å². The van der Waals surface area contributed by atoms with Gasteiger partial charge in [0, 0.05) is 13.1 Å². The molecule has 1 aromatic heterocycles. The largest absolute Gasteiger partial charge is 0.331 e. The van der Waals surface area contributed by atoms with Crippen LogP contribution < -0.4 is 10.2 Å². The number of urea groups is 1. The lowest BCUT2D eigenvalue weighted by molar-refractivity contribution is -0.114. The van der Waals surface area contributed by atoms with E-state index in [1.807, 2.05) is 31.2 Å². The van der Waals surface area contributed by atoms with Crippen LogP contribution in [0.4, 0.5) is 20.7 Å². The number of fused-ring (bicyclic) bond motifs is 3. The average Bonchev–Trinajstić information content (AvgIpc) is 3.24. The number of aromatic nitrogens is 2. The van der Waals surface area contributed by atoms with Crippen LogP contribution in [0.25, 0.3) is 5.69 Å². The molecule has 0 bridgehead atoms. The van der Waals surface area contributed by atoms with Gasteiger partial charge in [-0.15, -0.1) is 0 Å². The van der Waals surface area contributed by atoms with Gasteiger partial charge >= 0.3 is 6.03 Å². The third kappa shape index (κ3) is 3.41. The number of aliphatic imine (C=N–C) groups is 1. The third-order valence-electron chi connectivity index (χ3n) is 5.49. The van der Waals surface area contributed by atoms with E-state index in [9.17, 15) is 14.0 Å². The minimum atomic E-state index is -0.540. The molecule has 2 aliphatic heterocycles. The first kappa shape index (κ1) is 19.9. The number of nitrogens with zero attached hydrogens (tertiary/aromatic N) is 5. The number of carbonyl (C=O) groups excluding carboxylic acids is 2. The van der Waals surface area contributed by atoms with Gasteiger partial charge in [-0.2, -0.15) is 5.10 Å². The number of hydrogen-bond donors (Lipinski definition) is 1. The fourth-order valence-electron chi connectivity index (χ4n) is 3.93. The first-order valence-electron chi connectivity index (χ1n) is 10.4. The van der Waals surface area contributed by atoms with Crippen molar-refractivity contribution in [3.63, 3.8) is 0 Å². The molecule has 1 N–H and O–H groups in total. The monoisotopic (exact) mass is 432 g/mol. The molecule has 3 amide bonds. The van der Waals surface area contributed by atoms with Crippen molar-refractivity contribution in [3.8, 4) is 5.69 Å². The highest BCUT2D eigenvalue weighted by Crippen LogP contribution is 2.32. The number of aryl methyl sites for hydroxylation is 1. The maximum absolute atomic E-state index is 14.0. The Morgan fingerprint density at radius 1 is 1.16 bits per heavy atom. The summed E-state index contributed by atoms with van der Waals surface area (Å²) in [7, 11) is 0. The van der Waals surface area contributed by atoms with Crippen molar-refractivity contribution in [1.29, 1.82) is 0 Å². The molecule has 0 saturated carbocycles. The second kappa shape index (κ2) is 7.92. The lowest BCUT2D eigenvalue weighted by Gasteiger charge is -2.37. The van der Waals surface area contributed by atoms with Crippen molar-refractivity contribution in [2.75, 3.05) is 29.9 Å². The fourth-order valence-corrected chi connectivity index (χ4v) is 3.93. The van der Waals surface area contributed by atoms with E-state index in [0.717, 1.165) is 17.7 Å². The van der Waals surface area contributed by atoms with Crippen molar-refractivity contribution >= 4 is 29.3 Å². The van der Waals surface area contributed by atoms with Gasteiger partial charge in [-0.05, 0) is 37.6 Å². The number of amides is 3. The quantitative estimate of drug-likeness (QED) is 0.686. The summed E-state index contributed by atoms with van der Waals surface area (Å²) in [5.74, 6) is -0.00933. The number of anilines is 2. The summed E-state index contributed by atoms with van der Waals surface area (Å²) in [6.07, 6.45) is 2.41. The van der Waals surface area contributed by atoms with Crippen molar-refractivity contribution in [1.82, 2.24) is 14.7 Å². The van der Waals surface area contributed by atoms with E-state index in [-0.39, 0.29) is 18.3 Å². The molecule has 8 nitrogen and oxygen atoms in total. The van der Waals surface area contributed by atoms with Gasteiger partial charge in [0.15, 0.2) is 5.82 Å². The van der Waals surface area contributed by atoms with E-state index in [4.69, 9.17) is 0 Å². The van der Waals surface area contributed by atoms with Crippen LogP contribution in [0.2, 0.25) is 0 Å². The zero-order valence-electron chi connectivity index (χ0n) is 17.5. The molecule has 0 aliphatic carbocycles. The number of nitrogens with one attached hydrogen (secondary N) is 1. The molecule has 0 fully saturated rings. The summed E-state index contributed by atoms with van der Waals surface area (Å²) >= 11 is 0. The lowest BCUT2D eigenvalue weighted by Crippen LogP contribution is -2.55. The van der Waals surface area contributed by atoms with Crippen molar-refractivity contribution in [2.24, 2.45) is 4.99 Å². The molecule has 0 radical (unpaired) electrons. The van der Waals surface area contributed by atoms with E-state index >= 15 is 0 Å². The molecule has 2 aromatic carbocycles. The van der Waals surface area contributed by atoms with E-state index in [0.29, 0.717) is 30.3 Å². The van der Waals surface area contributed by atoms with Crippen molar-refractivity contribution < 1.29 is 14.0 Å².